The molecule has 0 fully saturated rings. The van der Waals surface area contributed by atoms with Crippen molar-refractivity contribution < 1.29 is 9.50 Å². The second-order valence-corrected chi connectivity index (χ2v) is 5.77. The Labute approximate surface area is 113 Å². The van der Waals surface area contributed by atoms with E-state index in [0.717, 1.165) is 9.35 Å². The summed E-state index contributed by atoms with van der Waals surface area (Å²) in [4.78, 5) is 0.770. The van der Waals surface area contributed by atoms with E-state index in [1.54, 1.807) is 12.1 Å². The molecule has 0 aliphatic heterocycles. The van der Waals surface area contributed by atoms with Crippen molar-refractivity contribution in [3.05, 3.63) is 54.8 Å². The summed E-state index contributed by atoms with van der Waals surface area (Å²) in [6, 6.07) is 6.49. The predicted octanol–water partition coefficient (Wildman–Crippen LogP) is 4.49. The highest BCUT2D eigenvalue weighted by atomic mass is 79.9. The molecule has 2 rings (SSSR count). The van der Waals surface area contributed by atoms with Crippen molar-refractivity contribution in [3.8, 4) is 0 Å². The summed E-state index contributed by atoms with van der Waals surface area (Å²) < 4.78 is 14.5. The lowest BCUT2D eigenvalue weighted by atomic mass is 10.1. The van der Waals surface area contributed by atoms with E-state index >= 15 is 0 Å². The molecule has 84 valence electrons. The molecular formula is C11H7Br2FOS. The topological polar surface area (TPSA) is 20.2 Å². The molecule has 1 aromatic heterocycles. The molecule has 0 saturated carbocycles. The maximum Gasteiger partial charge on any atom is 0.137 e. The Morgan fingerprint density at radius 3 is 2.62 bits per heavy atom. The predicted molar refractivity (Wildman–Crippen MR) is 70.2 cm³/mol. The van der Waals surface area contributed by atoms with Crippen molar-refractivity contribution >= 4 is 43.2 Å². The first-order chi connectivity index (χ1) is 7.61. The van der Waals surface area contributed by atoms with E-state index in [1.807, 2.05) is 11.4 Å². The minimum Gasteiger partial charge on any atom is -0.383 e. The second-order valence-electron chi connectivity index (χ2n) is 3.18. The number of thiophene rings is 1. The number of halogens is 3. The molecule has 1 N–H and O–H groups in total. The monoisotopic (exact) mass is 364 g/mol. The van der Waals surface area contributed by atoms with Crippen molar-refractivity contribution in [1.82, 2.24) is 0 Å². The van der Waals surface area contributed by atoms with Crippen LogP contribution in [0.2, 0.25) is 0 Å². The number of hydrogen-bond donors (Lipinski definition) is 1. The van der Waals surface area contributed by atoms with Crippen LogP contribution in [0.3, 0.4) is 0 Å². The SMILES string of the molecule is OC(c1cccc(F)c1Br)c1sccc1Br. The smallest absolute Gasteiger partial charge is 0.137 e. The first-order valence-electron chi connectivity index (χ1n) is 4.46. The van der Waals surface area contributed by atoms with E-state index in [-0.39, 0.29) is 5.82 Å². The zero-order valence-corrected chi connectivity index (χ0v) is 11.9. The summed E-state index contributed by atoms with van der Waals surface area (Å²) in [5.74, 6) is -0.371. The van der Waals surface area contributed by atoms with Gasteiger partial charge >= 0.3 is 0 Å². The Morgan fingerprint density at radius 2 is 2.00 bits per heavy atom. The highest BCUT2D eigenvalue weighted by Gasteiger charge is 2.19. The lowest BCUT2D eigenvalue weighted by molar-refractivity contribution is 0.222. The molecule has 1 heterocycles. The van der Waals surface area contributed by atoms with Gasteiger partial charge < -0.3 is 5.11 Å². The van der Waals surface area contributed by atoms with Crippen LogP contribution >= 0.6 is 43.2 Å². The molecule has 0 aliphatic rings. The maximum absolute atomic E-state index is 13.3. The molecule has 5 heteroatoms. The Hall–Kier alpha value is -0.230. The van der Waals surface area contributed by atoms with Crippen molar-refractivity contribution in [1.29, 1.82) is 0 Å². The minimum atomic E-state index is -0.820. The van der Waals surface area contributed by atoms with Crippen molar-refractivity contribution in [2.24, 2.45) is 0 Å². The van der Waals surface area contributed by atoms with Gasteiger partial charge in [0.2, 0.25) is 0 Å². The van der Waals surface area contributed by atoms with Crippen molar-refractivity contribution in [3.63, 3.8) is 0 Å². The zero-order chi connectivity index (χ0) is 11.7. The Morgan fingerprint density at radius 1 is 1.25 bits per heavy atom. The number of aliphatic hydroxyl groups is 1. The molecule has 0 saturated heterocycles. The van der Waals surface area contributed by atoms with E-state index in [2.05, 4.69) is 31.9 Å². The van der Waals surface area contributed by atoms with Gasteiger partial charge in [-0.3, -0.25) is 0 Å². The summed E-state index contributed by atoms with van der Waals surface area (Å²) >= 11 is 7.92. The van der Waals surface area contributed by atoms with Crippen LogP contribution in [0.5, 0.6) is 0 Å². The number of rotatable bonds is 2. The fraction of sp³-hybridized carbons (Fsp3) is 0.0909. The average Bonchev–Trinajstić information content (AvgIpc) is 2.68. The van der Waals surface area contributed by atoms with Gasteiger partial charge in [-0.05, 0) is 49.4 Å². The molecule has 1 atom stereocenters. The van der Waals surface area contributed by atoms with Crippen LogP contribution in [0, 0.1) is 5.82 Å². The van der Waals surface area contributed by atoms with E-state index in [4.69, 9.17) is 0 Å². The van der Waals surface area contributed by atoms with Crippen LogP contribution in [0.15, 0.2) is 38.6 Å². The van der Waals surface area contributed by atoms with Gasteiger partial charge in [0, 0.05) is 10.0 Å². The molecule has 1 nitrogen and oxygen atoms in total. The number of benzene rings is 1. The molecule has 0 aliphatic carbocycles. The molecule has 0 bridgehead atoms. The molecule has 0 radical (unpaired) electrons. The van der Waals surface area contributed by atoms with E-state index in [9.17, 15) is 9.50 Å². The molecule has 1 aromatic carbocycles. The molecule has 2 aromatic rings. The van der Waals surface area contributed by atoms with Crippen molar-refractivity contribution in [2.75, 3.05) is 0 Å². The maximum atomic E-state index is 13.3. The lowest BCUT2D eigenvalue weighted by Crippen LogP contribution is -2.00. The molecule has 16 heavy (non-hydrogen) atoms. The third kappa shape index (κ3) is 2.22. The van der Waals surface area contributed by atoms with Gasteiger partial charge in [0.1, 0.15) is 11.9 Å². The zero-order valence-electron chi connectivity index (χ0n) is 7.95. The van der Waals surface area contributed by atoms with Crippen LogP contribution in [-0.2, 0) is 0 Å². The first-order valence-corrected chi connectivity index (χ1v) is 6.92. The lowest BCUT2D eigenvalue weighted by Gasteiger charge is -2.12. The summed E-state index contributed by atoms with van der Waals surface area (Å²) in [5, 5.41) is 12.0. The third-order valence-electron chi connectivity index (χ3n) is 2.17. The second kappa shape index (κ2) is 4.96. The molecule has 1 unspecified atom stereocenters. The van der Waals surface area contributed by atoms with Gasteiger partial charge in [-0.2, -0.15) is 0 Å². The van der Waals surface area contributed by atoms with Crippen LogP contribution in [0.4, 0.5) is 4.39 Å². The van der Waals surface area contributed by atoms with Crippen LogP contribution < -0.4 is 0 Å². The van der Waals surface area contributed by atoms with E-state index in [0.29, 0.717) is 10.0 Å². The quantitative estimate of drug-likeness (QED) is 0.831. The molecule has 0 spiro atoms. The van der Waals surface area contributed by atoms with E-state index in [1.165, 1.54) is 17.4 Å². The van der Waals surface area contributed by atoms with E-state index < -0.39 is 6.10 Å². The fourth-order valence-corrected chi connectivity index (χ4v) is 3.45. The van der Waals surface area contributed by atoms with Crippen LogP contribution in [-0.4, -0.2) is 5.11 Å². The summed E-state index contributed by atoms with van der Waals surface area (Å²) in [6.45, 7) is 0. The normalized spacial score (nSPS) is 12.8. The van der Waals surface area contributed by atoms with Gasteiger partial charge in [0.05, 0.1) is 9.35 Å². The summed E-state index contributed by atoms with van der Waals surface area (Å²) in [6.07, 6.45) is -0.820. The van der Waals surface area contributed by atoms with Gasteiger partial charge in [-0.15, -0.1) is 11.3 Å². The minimum absolute atomic E-state index is 0.308. The first kappa shape index (κ1) is 12.2. The van der Waals surface area contributed by atoms with Crippen LogP contribution in [0.1, 0.15) is 16.5 Å². The van der Waals surface area contributed by atoms with Crippen molar-refractivity contribution in [2.45, 2.75) is 6.10 Å². The number of aliphatic hydroxyl groups excluding tert-OH is 1. The number of hydrogen-bond acceptors (Lipinski definition) is 2. The largest absolute Gasteiger partial charge is 0.383 e. The molecular weight excluding hydrogens is 359 g/mol. The van der Waals surface area contributed by atoms with Gasteiger partial charge in [-0.25, -0.2) is 4.39 Å². The van der Waals surface area contributed by atoms with Gasteiger partial charge in [0.25, 0.3) is 0 Å². The molecule has 0 amide bonds. The fourth-order valence-electron chi connectivity index (χ4n) is 1.37. The summed E-state index contributed by atoms with van der Waals surface area (Å²) in [7, 11) is 0. The van der Waals surface area contributed by atoms with Crippen LogP contribution in [0.25, 0.3) is 0 Å². The third-order valence-corrected chi connectivity index (χ3v) is 4.93. The summed E-state index contributed by atoms with van der Waals surface area (Å²) in [5.41, 5.74) is 0.531. The van der Waals surface area contributed by atoms with Gasteiger partial charge in [0.15, 0.2) is 0 Å². The standard InChI is InChI=1S/C11H7Br2FOS/c12-7-4-5-16-11(7)10(15)6-2-1-3-8(14)9(6)13/h1-5,10,15H. The Balaban J connectivity index is 2.46. The highest BCUT2D eigenvalue weighted by molar-refractivity contribution is 9.10. The highest BCUT2D eigenvalue weighted by Crippen LogP contribution is 2.36. The Kier molecular flexibility index (Phi) is 3.79. The van der Waals surface area contributed by atoms with Gasteiger partial charge in [-0.1, -0.05) is 12.1 Å². The Bertz CT molecular complexity index is 512. The average molecular weight is 366 g/mol.